The van der Waals surface area contributed by atoms with Crippen LogP contribution in [-0.2, 0) is 16.0 Å². The zero-order valence-electron chi connectivity index (χ0n) is 11.0. The average Bonchev–Trinajstić information content (AvgIpc) is 2.76. The quantitative estimate of drug-likeness (QED) is 0.799. The summed E-state index contributed by atoms with van der Waals surface area (Å²) in [5.41, 5.74) is 0.225. The number of nitrogens with one attached hydrogen (secondary N) is 2. The van der Waals surface area contributed by atoms with E-state index in [1.54, 1.807) is 6.92 Å². The summed E-state index contributed by atoms with van der Waals surface area (Å²) in [6.45, 7) is 5.77. The molecule has 0 aliphatic heterocycles. The standard InChI is InChI=1S/C12H21N3O2/c1-5-7-9-8-10(15-14-9)13-11(16)12(3,6-2)17-4/h8H,5-7H2,1-4H3,(H2,13,14,15,16). The first-order valence-corrected chi connectivity index (χ1v) is 5.96. The minimum atomic E-state index is -0.802. The van der Waals surface area contributed by atoms with Crippen molar-refractivity contribution in [3.05, 3.63) is 11.8 Å². The lowest BCUT2D eigenvalue weighted by Crippen LogP contribution is -2.41. The normalized spacial score (nSPS) is 14.4. The summed E-state index contributed by atoms with van der Waals surface area (Å²) in [6, 6.07) is 1.85. The molecule has 0 aromatic carbocycles. The van der Waals surface area contributed by atoms with Crippen molar-refractivity contribution >= 4 is 11.7 Å². The number of carbonyl (C=O) groups is 1. The van der Waals surface area contributed by atoms with Gasteiger partial charge in [0.15, 0.2) is 5.82 Å². The van der Waals surface area contributed by atoms with Crippen LogP contribution in [-0.4, -0.2) is 28.8 Å². The van der Waals surface area contributed by atoms with E-state index in [9.17, 15) is 4.79 Å². The van der Waals surface area contributed by atoms with Crippen molar-refractivity contribution in [1.29, 1.82) is 0 Å². The number of hydrogen-bond acceptors (Lipinski definition) is 3. The fourth-order valence-electron chi connectivity index (χ4n) is 1.47. The van der Waals surface area contributed by atoms with Crippen LogP contribution < -0.4 is 5.32 Å². The van der Waals surface area contributed by atoms with Crippen LogP contribution in [0, 0.1) is 0 Å². The van der Waals surface area contributed by atoms with Crippen LogP contribution in [0.1, 0.15) is 39.3 Å². The second-order valence-corrected chi connectivity index (χ2v) is 4.27. The van der Waals surface area contributed by atoms with Crippen LogP contribution in [0.25, 0.3) is 0 Å². The van der Waals surface area contributed by atoms with E-state index in [0.29, 0.717) is 12.2 Å². The molecule has 0 radical (unpaired) electrons. The van der Waals surface area contributed by atoms with Gasteiger partial charge >= 0.3 is 0 Å². The molecule has 0 saturated carbocycles. The molecule has 2 N–H and O–H groups in total. The third-order valence-electron chi connectivity index (χ3n) is 3.00. The van der Waals surface area contributed by atoms with Gasteiger partial charge in [-0.05, 0) is 19.8 Å². The molecule has 0 aliphatic carbocycles. The lowest BCUT2D eigenvalue weighted by Gasteiger charge is -2.24. The molecule has 0 saturated heterocycles. The molecule has 1 aromatic rings. The van der Waals surface area contributed by atoms with Crippen LogP contribution in [0.2, 0.25) is 0 Å². The topological polar surface area (TPSA) is 67.0 Å². The van der Waals surface area contributed by atoms with Gasteiger partial charge in [0.2, 0.25) is 0 Å². The summed E-state index contributed by atoms with van der Waals surface area (Å²) in [4.78, 5) is 12.0. The zero-order chi connectivity index (χ0) is 12.9. The molecule has 0 spiro atoms. The van der Waals surface area contributed by atoms with Crippen LogP contribution in [0.4, 0.5) is 5.82 Å². The lowest BCUT2D eigenvalue weighted by atomic mass is 10.0. The molecule has 17 heavy (non-hydrogen) atoms. The Bertz CT molecular complexity index is 370. The second kappa shape index (κ2) is 5.82. The Morgan fingerprint density at radius 3 is 2.82 bits per heavy atom. The number of ether oxygens (including phenoxy) is 1. The molecule has 5 nitrogen and oxygen atoms in total. The maximum absolute atomic E-state index is 12.0. The molecule has 1 amide bonds. The van der Waals surface area contributed by atoms with E-state index in [4.69, 9.17) is 4.74 Å². The van der Waals surface area contributed by atoms with E-state index < -0.39 is 5.60 Å². The summed E-state index contributed by atoms with van der Waals surface area (Å²) >= 11 is 0. The third kappa shape index (κ3) is 3.30. The second-order valence-electron chi connectivity index (χ2n) is 4.27. The number of carbonyl (C=O) groups excluding carboxylic acids is 1. The highest BCUT2D eigenvalue weighted by Gasteiger charge is 2.31. The predicted molar refractivity (Wildman–Crippen MR) is 66.9 cm³/mol. The van der Waals surface area contributed by atoms with Crippen LogP contribution >= 0.6 is 0 Å². The maximum Gasteiger partial charge on any atom is 0.257 e. The highest BCUT2D eigenvalue weighted by molar-refractivity contribution is 5.96. The van der Waals surface area contributed by atoms with Gasteiger partial charge in [-0.15, -0.1) is 0 Å². The van der Waals surface area contributed by atoms with E-state index in [2.05, 4.69) is 22.4 Å². The van der Waals surface area contributed by atoms with Gasteiger partial charge in [-0.3, -0.25) is 9.89 Å². The first-order valence-electron chi connectivity index (χ1n) is 5.96. The summed E-state index contributed by atoms with van der Waals surface area (Å²) in [5, 5.41) is 9.70. The monoisotopic (exact) mass is 239 g/mol. The minimum Gasteiger partial charge on any atom is -0.369 e. The Morgan fingerprint density at radius 1 is 1.59 bits per heavy atom. The Kier molecular flexibility index (Phi) is 4.69. The van der Waals surface area contributed by atoms with Crippen molar-refractivity contribution in [3.8, 4) is 0 Å². The van der Waals surface area contributed by atoms with Gasteiger partial charge in [-0.25, -0.2) is 0 Å². The predicted octanol–water partition coefficient (Wildman–Crippen LogP) is 2.12. The van der Waals surface area contributed by atoms with Gasteiger partial charge in [-0.1, -0.05) is 20.3 Å². The molecule has 5 heteroatoms. The number of nitrogens with zero attached hydrogens (tertiary/aromatic N) is 1. The van der Waals surface area contributed by atoms with Crippen LogP contribution in [0.5, 0.6) is 0 Å². The summed E-state index contributed by atoms with van der Waals surface area (Å²) in [7, 11) is 1.54. The van der Waals surface area contributed by atoms with Crippen LogP contribution in [0.3, 0.4) is 0 Å². The Labute approximate surface area is 102 Å². The summed E-state index contributed by atoms with van der Waals surface area (Å²) in [5.74, 6) is 0.382. The van der Waals surface area contributed by atoms with Crippen molar-refractivity contribution in [2.24, 2.45) is 0 Å². The number of rotatable bonds is 6. The molecular weight excluding hydrogens is 218 g/mol. The maximum atomic E-state index is 12.0. The number of aryl methyl sites for hydroxylation is 1. The Balaban J connectivity index is 2.67. The Hall–Kier alpha value is -1.36. The molecule has 1 unspecified atom stereocenters. The molecule has 0 fully saturated rings. The smallest absolute Gasteiger partial charge is 0.257 e. The first-order chi connectivity index (χ1) is 8.05. The highest BCUT2D eigenvalue weighted by Crippen LogP contribution is 2.17. The molecule has 0 bridgehead atoms. The number of amides is 1. The molecule has 1 heterocycles. The van der Waals surface area contributed by atoms with E-state index in [0.717, 1.165) is 18.5 Å². The average molecular weight is 239 g/mol. The van der Waals surface area contributed by atoms with E-state index >= 15 is 0 Å². The SMILES string of the molecule is CCCc1cc(NC(=O)C(C)(CC)OC)n[nH]1. The molecule has 96 valence electrons. The minimum absolute atomic E-state index is 0.169. The first kappa shape index (κ1) is 13.7. The number of aromatic nitrogens is 2. The number of hydrogen-bond donors (Lipinski definition) is 2. The zero-order valence-corrected chi connectivity index (χ0v) is 11.0. The van der Waals surface area contributed by atoms with Crippen molar-refractivity contribution < 1.29 is 9.53 Å². The molecule has 0 aliphatic rings. The summed E-state index contributed by atoms with van der Waals surface area (Å²) < 4.78 is 5.23. The third-order valence-corrected chi connectivity index (χ3v) is 3.00. The van der Waals surface area contributed by atoms with Crippen molar-refractivity contribution in [2.45, 2.75) is 45.6 Å². The van der Waals surface area contributed by atoms with Gasteiger partial charge in [0.1, 0.15) is 5.60 Å². The number of aromatic amines is 1. The number of methoxy groups -OCH3 is 1. The largest absolute Gasteiger partial charge is 0.369 e. The number of H-pyrrole nitrogens is 1. The van der Waals surface area contributed by atoms with E-state index in [1.807, 2.05) is 13.0 Å². The molecular formula is C12H21N3O2. The van der Waals surface area contributed by atoms with Gasteiger partial charge < -0.3 is 10.1 Å². The summed E-state index contributed by atoms with van der Waals surface area (Å²) in [6.07, 6.45) is 2.58. The van der Waals surface area contributed by atoms with Crippen LogP contribution in [0.15, 0.2) is 6.07 Å². The van der Waals surface area contributed by atoms with E-state index in [1.165, 1.54) is 7.11 Å². The molecule has 1 atom stereocenters. The molecule has 1 aromatic heterocycles. The van der Waals surface area contributed by atoms with Gasteiger partial charge in [0.25, 0.3) is 5.91 Å². The fraction of sp³-hybridized carbons (Fsp3) is 0.667. The lowest BCUT2D eigenvalue weighted by molar-refractivity contribution is -0.136. The highest BCUT2D eigenvalue weighted by atomic mass is 16.5. The van der Waals surface area contributed by atoms with Gasteiger partial charge in [-0.2, -0.15) is 5.10 Å². The van der Waals surface area contributed by atoms with Gasteiger partial charge in [0.05, 0.1) is 0 Å². The van der Waals surface area contributed by atoms with Crippen molar-refractivity contribution in [3.63, 3.8) is 0 Å². The fourth-order valence-corrected chi connectivity index (χ4v) is 1.47. The molecule has 1 rings (SSSR count). The Morgan fingerprint density at radius 2 is 2.29 bits per heavy atom. The number of anilines is 1. The van der Waals surface area contributed by atoms with E-state index in [-0.39, 0.29) is 5.91 Å². The van der Waals surface area contributed by atoms with Gasteiger partial charge in [0, 0.05) is 18.9 Å². The van der Waals surface area contributed by atoms with Crippen molar-refractivity contribution in [1.82, 2.24) is 10.2 Å². The van der Waals surface area contributed by atoms with Crippen molar-refractivity contribution in [2.75, 3.05) is 12.4 Å².